The first-order valence-electron chi connectivity index (χ1n) is 6.39. The van der Waals surface area contributed by atoms with Crippen molar-refractivity contribution in [3.8, 4) is 10.8 Å². The van der Waals surface area contributed by atoms with Crippen LogP contribution in [-0.2, 0) is 16.1 Å². The highest BCUT2D eigenvalue weighted by Gasteiger charge is 2.17. The van der Waals surface area contributed by atoms with Gasteiger partial charge < -0.3 is 9.15 Å². The molecule has 2 rings (SSSR count). The number of ether oxygens (including phenoxy) is 1. The van der Waals surface area contributed by atoms with E-state index in [-0.39, 0.29) is 18.6 Å². The van der Waals surface area contributed by atoms with Crippen molar-refractivity contribution in [1.29, 1.82) is 0 Å². The topological polar surface area (TPSA) is 55.6 Å². The zero-order chi connectivity index (χ0) is 14.5. The molecule has 0 aliphatic carbocycles. The van der Waals surface area contributed by atoms with Gasteiger partial charge in [-0.15, -0.1) is 11.3 Å². The summed E-state index contributed by atoms with van der Waals surface area (Å²) in [4.78, 5) is 18.0. The van der Waals surface area contributed by atoms with E-state index in [1.807, 2.05) is 36.3 Å². The predicted molar refractivity (Wildman–Crippen MR) is 77.4 cm³/mol. The second kappa shape index (κ2) is 6.67. The van der Waals surface area contributed by atoms with E-state index in [1.165, 1.54) is 18.4 Å². The summed E-state index contributed by atoms with van der Waals surface area (Å²) in [5.74, 6) is 0.533. The number of furan rings is 1. The Kier molecular flexibility index (Phi) is 4.92. The molecule has 0 amide bonds. The summed E-state index contributed by atoms with van der Waals surface area (Å²) in [6.45, 7) is 4.97. The molecule has 2 aromatic heterocycles. The van der Waals surface area contributed by atoms with E-state index in [2.05, 4.69) is 4.98 Å². The molecule has 0 bridgehead atoms. The molecule has 0 saturated carbocycles. The third-order valence-corrected chi connectivity index (χ3v) is 3.84. The van der Waals surface area contributed by atoms with E-state index in [0.717, 1.165) is 16.5 Å². The van der Waals surface area contributed by atoms with Crippen molar-refractivity contribution in [2.45, 2.75) is 26.4 Å². The lowest BCUT2D eigenvalue weighted by atomic mass is 10.3. The highest BCUT2D eigenvalue weighted by Crippen LogP contribution is 2.24. The minimum absolute atomic E-state index is 0.236. The van der Waals surface area contributed by atoms with Gasteiger partial charge in [-0.3, -0.25) is 9.69 Å². The number of rotatable bonds is 6. The molecule has 0 aromatic carbocycles. The van der Waals surface area contributed by atoms with E-state index in [9.17, 15) is 4.79 Å². The summed E-state index contributed by atoms with van der Waals surface area (Å²) in [5.41, 5.74) is 0.930. The number of nitrogens with zero attached hydrogens (tertiary/aromatic N) is 2. The lowest BCUT2D eigenvalue weighted by Crippen LogP contribution is -2.35. The number of carbonyl (C=O) groups excluding carboxylic acids is 1. The molecule has 20 heavy (non-hydrogen) atoms. The van der Waals surface area contributed by atoms with E-state index in [0.29, 0.717) is 6.54 Å². The van der Waals surface area contributed by atoms with Gasteiger partial charge in [-0.1, -0.05) is 0 Å². The van der Waals surface area contributed by atoms with Gasteiger partial charge in [0.05, 0.1) is 25.6 Å². The van der Waals surface area contributed by atoms with Gasteiger partial charge in [0.1, 0.15) is 0 Å². The predicted octanol–water partition coefficient (Wildman–Crippen LogP) is 2.79. The van der Waals surface area contributed by atoms with Crippen LogP contribution >= 0.6 is 11.3 Å². The Hall–Kier alpha value is -1.66. The quantitative estimate of drug-likeness (QED) is 0.767. The molecule has 0 N–H and O–H groups in total. The van der Waals surface area contributed by atoms with Crippen molar-refractivity contribution in [1.82, 2.24) is 9.88 Å². The van der Waals surface area contributed by atoms with Crippen LogP contribution in [0, 0.1) is 0 Å². The standard InChI is InChI=1S/C14H18N2O3S/c1-10(2)16(8-13(17)18-3)7-11-9-20-14(15-11)12-5-4-6-19-12/h4-6,9-10H,7-8H2,1-3H3. The largest absolute Gasteiger partial charge is 0.468 e. The first-order valence-corrected chi connectivity index (χ1v) is 7.27. The molecular weight excluding hydrogens is 276 g/mol. The van der Waals surface area contributed by atoms with Gasteiger partial charge in [0, 0.05) is 18.0 Å². The molecule has 2 aromatic rings. The molecule has 0 saturated heterocycles. The number of methoxy groups -OCH3 is 1. The Labute approximate surface area is 122 Å². The van der Waals surface area contributed by atoms with Crippen molar-refractivity contribution in [2.75, 3.05) is 13.7 Å². The molecule has 0 aliphatic heterocycles. The maximum absolute atomic E-state index is 11.4. The van der Waals surface area contributed by atoms with Gasteiger partial charge in [0.15, 0.2) is 10.8 Å². The Balaban J connectivity index is 2.05. The van der Waals surface area contributed by atoms with Gasteiger partial charge >= 0.3 is 5.97 Å². The molecule has 0 aliphatic rings. The Morgan fingerprint density at radius 3 is 2.95 bits per heavy atom. The van der Waals surface area contributed by atoms with Crippen LogP contribution in [0.15, 0.2) is 28.2 Å². The molecule has 0 unspecified atom stereocenters. The fraction of sp³-hybridized carbons (Fsp3) is 0.429. The van der Waals surface area contributed by atoms with Crippen LogP contribution in [0.5, 0.6) is 0 Å². The highest BCUT2D eigenvalue weighted by molar-refractivity contribution is 7.13. The zero-order valence-corrected chi connectivity index (χ0v) is 12.6. The number of hydrogen-bond donors (Lipinski definition) is 0. The summed E-state index contributed by atoms with van der Waals surface area (Å²) in [5, 5.41) is 2.84. The minimum atomic E-state index is -0.236. The summed E-state index contributed by atoms with van der Waals surface area (Å²) in [6, 6.07) is 3.97. The van der Waals surface area contributed by atoms with Gasteiger partial charge in [-0.2, -0.15) is 0 Å². The lowest BCUT2D eigenvalue weighted by Gasteiger charge is -2.24. The summed E-state index contributed by atoms with van der Waals surface area (Å²) in [6.07, 6.45) is 1.63. The maximum atomic E-state index is 11.4. The molecule has 5 nitrogen and oxygen atoms in total. The zero-order valence-electron chi connectivity index (χ0n) is 11.8. The van der Waals surface area contributed by atoms with Gasteiger partial charge in [-0.05, 0) is 26.0 Å². The lowest BCUT2D eigenvalue weighted by molar-refractivity contribution is -0.142. The smallest absolute Gasteiger partial charge is 0.319 e. The number of aromatic nitrogens is 1. The molecule has 6 heteroatoms. The van der Waals surface area contributed by atoms with Crippen LogP contribution in [0.2, 0.25) is 0 Å². The number of carbonyl (C=O) groups is 1. The van der Waals surface area contributed by atoms with Gasteiger partial charge in [0.2, 0.25) is 0 Å². The Bertz CT molecular complexity index is 549. The molecule has 0 spiro atoms. The van der Waals surface area contributed by atoms with Crippen molar-refractivity contribution < 1.29 is 13.9 Å². The molecule has 0 atom stereocenters. The van der Waals surface area contributed by atoms with Crippen molar-refractivity contribution in [3.05, 3.63) is 29.5 Å². The third kappa shape index (κ3) is 3.68. The van der Waals surface area contributed by atoms with Crippen molar-refractivity contribution >= 4 is 17.3 Å². The second-order valence-corrected chi connectivity index (χ2v) is 5.55. The van der Waals surface area contributed by atoms with Gasteiger partial charge in [-0.25, -0.2) is 4.98 Å². The second-order valence-electron chi connectivity index (χ2n) is 4.70. The van der Waals surface area contributed by atoms with Crippen LogP contribution in [0.25, 0.3) is 10.8 Å². The SMILES string of the molecule is COC(=O)CN(Cc1csc(-c2ccco2)n1)C(C)C. The van der Waals surface area contributed by atoms with Crippen LogP contribution in [0.3, 0.4) is 0 Å². The fourth-order valence-electron chi connectivity index (χ4n) is 1.75. The summed E-state index contributed by atoms with van der Waals surface area (Å²) in [7, 11) is 1.40. The monoisotopic (exact) mass is 294 g/mol. The number of esters is 1. The van der Waals surface area contributed by atoms with Gasteiger partial charge in [0.25, 0.3) is 0 Å². The maximum Gasteiger partial charge on any atom is 0.319 e. The Morgan fingerprint density at radius 1 is 1.55 bits per heavy atom. The number of hydrogen-bond acceptors (Lipinski definition) is 6. The van der Waals surface area contributed by atoms with Crippen LogP contribution in [0.4, 0.5) is 0 Å². The summed E-state index contributed by atoms with van der Waals surface area (Å²) >= 11 is 1.54. The minimum Gasteiger partial charge on any atom is -0.468 e. The first kappa shape index (κ1) is 14.7. The van der Waals surface area contributed by atoms with E-state index in [1.54, 1.807) is 6.26 Å². The molecule has 0 fully saturated rings. The highest BCUT2D eigenvalue weighted by atomic mass is 32.1. The van der Waals surface area contributed by atoms with E-state index < -0.39 is 0 Å². The molecule has 108 valence electrons. The van der Waals surface area contributed by atoms with E-state index in [4.69, 9.17) is 9.15 Å². The van der Waals surface area contributed by atoms with Crippen LogP contribution in [0.1, 0.15) is 19.5 Å². The molecular formula is C14H18N2O3S. The van der Waals surface area contributed by atoms with Crippen molar-refractivity contribution in [2.24, 2.45) is 0 Å². The normalized spacial score (nSPS) is 11.2. The molecule has 2 heterocycles. The third-order valence-electron chi connectivity index (χ3n) is 2.94. The summed E-state index contributed by atoms with van der Waals surface area (Å²) < 4.78 is 10.0. The Morgan fingerprint density at radius 2 is 2.35 bits per heavy atom. The van der Waals surface area contributed by atoms with Crippen LogP contribution in [-0.4, -0.2) is 35.5 Å². The first-order chi connectivity index (χ1) is 9.60. The van der Waals surface area contributed by atoms with Crippen molar-refractivity contribution in [3.63, 3.8) is 0 Å². The van der Waals surface area contributed by atoms with E-state index >= 15 is 0 Å². The van der Waals surface area contributed by atoms with Crippen LogP contribution < -0.4 is 0 Å². The molecule has 0 radical (unpaired) electrons. The average Bonchev–Trinajstić information content (AvgIpc) is 3.08. The number of thiazole rings is 1. The average molecular weight is 294 g/mol. The fourth-order valence-corrected chi connectivity index (χ4v) is 2.53.